The molecule has 4 heteroatoms. The predicted octanol–water partition coefficient (Wildman–Crippen LogP) is 2.19. The standard InChI is InChI=1S/C11H12BrNO2/c12-10-8(2-1-5-13)3-4-9-11(10)15-7-6-14-9/h1-4H,5-7,13H2/b2-1+. The van der Waals surface area contributed by atoms with Crippen LogP contribution in [0.5, 0.6) is 11.5 Å². The van der Waals surface area contributed by atoms with Crippen LogP contribution >= 0.6 is 15.9 Å². The summed E-state index contributed by atoms with van der Waals surface area (Å²) < 4.78 is 11.9. The number of rotatable bonds is 2. The summed E-state index contributed by atoms with van der Waals surface area (Å²) in [5.74, 6) is 1.57. The quantitative estimate of drug-likeness (QED) is 0.895. The van der Waals surface area contributed by atoms with Gasteiger partial charge in [-0.3, -0.25) is 0 Å². The first kappa shape index (κ1) is 10.5. The monoisotopic (exact) mass is 269 g/mol. The maximum atomic E-state index is 5.54. The molecule has 1 heterocycles. The van der Waals surface area contributed by atoms with Crippen LogP contribution in [0.1, 0.15) is 5.56 Å². The second-order valence-electron chi connectivity index (χ2n) is 3.13. The summed E-state index contributed by atoms with van der Waals surface area (Å²) in [5.41, 5.74) is 6.45. The maximum Gasteiger partial charge on any atom is 0.176 e. The van der Waals surface area contributed by atoms with Crippen LogP contribution in [0.15, 0.2) is 22.7 Å². The van der Waals surface area contributed by atoms with Gasteiger partial charge in [-0.15, -0.1) is 0 Å². The van der Waals surface area contributed by atoms with E-state index in [1.807, 2.05) is 24.3 Å². The van der Waals surface area contributed by atoms with E-state index >= 15 is 0 Å². The lowest BCUT2D eigenvalue weighted by Gasteiger charge is -2.20. The van der Waals surface area contributed by atoms with Crippen LogP contribution in [0.2, 0.25) is 0 Å². The summed E-state index contributed by atoms with van der Waals surface area (Å²) in [6, 6.07) is 3.89. The Balaban J connectivity index is 2.38. The van der Waals surface area contributed by atoms with Gasteiger partial charge in [0, 0.05) is 6.54 Å². The number of nitrogens with two attached hydrogens (primary N) is 1. The minimum absolute atomic E-state index is 0.529. The van der Waals surface area contributed by atoms with Crippen molar-refractivity contribution in [2.24, 2.45) is 5.73 Å². The summed E-state index contributed by atoms with van der Waals surface area (Å²) in [6.07, 6.45) is 3.86. The zero-order chi connectivity index (χ0) is 10.7. The molecule has 80 valence electrons. The number of ether oxygens (including phenoxy) is 2. The Labute approximate surface area is 97.0 Å². The highest BCUT2D eigenvalue weighted by atomic mass is 79.9. The molecule has 0 aromatic heterocycles. The van der Waals surface area contributed by atoms with Gasteiger partial charge in [0.1, 0.15) is 13.2 Å². The summed E-state index contributed by atoms with van der Waals surface area (Å²) in [4.78, 5) is 0. The highest BCUT2D eigenvalue weighted by Gasteiger charge is 2.16. The fraction of sp³-hybridized carbons (Fsp3) is 0.273. The third-order valence-corrected chi connectivity index (χ3v) is 2.93. The molecule has 0 amide bonds. The predicted molar refractivity (Wildman–Crippen MR) is 63.2 cm³/mol. The van der Waals surface area contributed by atoms with Gasteiger partial charge < -0.3 is 15.2 Å². The first-order valence-corrected chi connectivity index (χ1v) is 5.57. The molecule has 0 fully saturated rings. The van der Waals surface area contributed by atoms with Gasteiger partial charge in [-0.1, -0.05) is 12.2 Å². The van der Waals surface area contributed by atoms with Crippen molar-refractivity contribution in [3.05, 3.63) is 28.2 Å². The van der Waals surface area contributed by atoms with E-state index in [-0.39, 0.29) is 0 Å². The van der Waals surface area contributed by atoms with Crippen LogP contribution in [0.3, 0.4) is 0 Å². The minimum atomic E-state index is 0.529. The first-order valence-electron chi connectivity index (χ1n) is 4.77. The minimum Gasteiger partial charge on any atom is -0.486 e. The van der Waals surface area contributed by atoms with E-state index in [1.165, 1.54) is 0 Å². The Morgan fingerprint density at radius 3 is 2.93 bits per heavy atom. The number of hydrogen-bond acceptors (Lipinski definition) is 3. The van der Waals surface area contributed by atoms with Crippen molar-refractivity contribution < 1.29 is 9.47 Å². The van der Waals surface area contributed by atoms with Gasteiger partial charge in [-0.2, -0.15) is 0 Å². The fourth-order valence-corrected chi connectivity index (χ4v) is 1.99. The Hall–Kier alpha value is -1.00. The van der Waals surface area contributed by atoms with Gasteiger partial charge in [-0.25, -0.2) is 0 Å². The molecule has 2 rings (SSSR count). The first-order chi connectivity index (χ1) is 7.33. The van der Waals surface area contributed by atoms with Crippen LogP contribution < -0.4 is 15.2 Å². The normalized spacial score (nSPS) is 14.5. The van der Waals surface area contributed by atoms with E-state index in [4.69, 9.17) is 15.2 Å². The lowest BCUT2D eigenvalue weighted by molar-refractivity contribution is 0.170. The van der Waals surface area contributed by atoms with Crippen LogP contribution in [-0.2, 0) is 0 Å². The number of benzene rings is 1. The third-order valence-electron chi connectivity index (χ3n) is 2.11. The van der Waals surface area contributed by atoms with Crippen molar-refractivity contribution in [2.75, 3.05) is 19.8 Å². The topological polar surface area (TPSA) is 44.5 Å². The van der Waals surface area contributed by atoms with E-state index < -0.39 is 0 Å². The van der Waals surface area contributed by atoms with Gasteiger partial charge in [0.2, 0.25) is 0 Å². The molecular weight excluding hydrogens is 258 g/mol. The molecule has 0 saturated carbocycles. The Kier molecular flexibility index (Phi) is 3.28. The van der Waals surface area contributed by atoms with E-state index in [2.05, 4.69) is 15.9 Å². The van der Waals surface area contributed by atoms with E-state index in [0.29, 0.717) is 19.8 Å². The Bertz CT molecular complexity index is 390. The molecule has 0 spiro atoms. The van der Waals surface area contributed by atoms with Gasteiger partial charge >= 0.3 is 0 Å². The molecule has 3 nitrogen and oxygen atoms in total. The molecule has 0 radical (unpaired) electrons. The molecule has 0 unspecified atom stereocenters. The molecule has 0 aliphatic carbocycles. The van der Waals surface area contributed by atoms with Crippen molar-refractivity contribution in [3.63, 3.8) is 0 Å². The summed E-state index contributed by atoms with van der Waals surface area (Å²) >= 11 is 3.50. The molecule has 15 heavy (non-hydrogen) atoms. The maximum absolute atomic E-state index is 5.54. The van der Waals surface area contributed by atoms with E-state index in [0.717, 1.165) is 21.5 Å². The lowest BCUT2D eigenvalue weighted by Crippen LogP contribution is -2.15. The molecule has 0 saturated heterocycles. The van der Waals surface area contributed by atoms with Crippen LogP contribution in [0.25, 0.3) is 6.08 Å². The van der Waals surface area contributed by atoms with Crippen molar-refractivity contribution in [3.8, 4) is 11.5 Å². The fourth-order valence-electron chi connectivity index (χ4n) is 1.42. The zero-order valence-corrected chi connectivity index (χ0v) is 9.79. The smallest absolute Gasteiger partial charge is 0.176 e. The molecule has 0 atom stereocenters. The molecule has 1 aliphatic heterocycles. The van der Waals surface area contributed by atoms with Crippen molar-refractivity contribution in [1.29, 1.82) is 0 Å². The van der Waals surface area contributed by atoms with Crippen LogP contribution in [-0.4, -0.2) is 19.8 Å². The SMILES string of the molecule is NC/C=C/c1ccc2c(c1Br)OCCO2. The Morgan fingerprint density at radius 1 is 1.33 bits per heavy atom. The average molecular weight is 270 g/mol. The van der Waals surface area contributed by atoms with Crippen molar-refractivity contribution >= 4 is 22.0 Å². The van der Waals surface area contributed by atoms with Gasteiger partial charge in [0.05, 0.1) is 4.47 Å². The number of fused-ring (bicyclic) bond motifs is 1. The summed E-state index contributed by atoms with van der Waals surface area (Å²) in [6.45, 7) is 1.73. The summed E-state index contributed by atoms with van der Waals surface area (Å²) in [7, 11) is 0. The molecule has 0 bridgehead atoms. The second-order valence-corrected chi connectivity index (χ2v) is 3.92. The van der Waals surface area contributed by atoms with Crippen LogP contribution in [0, 0.1) is 0 Å². The lowest BCUT2D eigenvalue weighted by atomic mass is 10.2. The van der Waals surface area contributed by atoms with Gasteiger partial charge in [-0.05, 0) is 33.6 Å². The molecule has 1 aromatic carbocycles. The molecule has 1 aromatic rings. The summed E-state index contributed by atoms with van der Waals surface area (Å²) in [5, 5.41) is 0. The largest absolute Gasteiger partial charge is 0.486 e. The highest BCUT2D eigenvalue weighted by molar-refractivity contribution is 9.10. The van der Waals surface area contributed by atoms with Crippen LogP contribution in [0.4, 0.5) is 0 Å². The van der Waals surface area contributed by atoms with Gasteiger partial charge in [0.15, 0.2) is 11.5 Å². The average Bonchev–Trinajstić information content (AvgIpc) is 2.29. The van der Waals surface area contributed by atoms with Gasteiger partial charge in [0.25, 0.3) is 0 Å². The van der Waals surface area contributed by atoms with E-state index in [1.54, 1.807) is 0 Å². The third kappa shape index (κ3) is 2.16. The number of hydrogen-bond donors (Lipinski definition) is 1. The molecule has 1 aliphatic rings. The number of halogens is 1. The highest BCUT2D eigenvalue weighted by Crippen LogP contribution is 2.39. The van der Waals surface area contributed by atoms with Crippen molar-refractivity contribution in [2.45, 2.75) is 0 Å². The molecule has 2 N–H and O–H groups in total. The second kappa shape index (κ2) is 4.68. The van der Waals surface area contributed by atoms with E-state index in [9.17, 15) is 0 Å². The van der Waals surface area contributed by atoms with Crippen molar-refractivity contribution in [1.82, 2.24) is 0 Å². The zero-order valence-electron chi connectivity index (χ0n) is 8.20. The Morgan fingerprint density at radius 2 is 2.13 bits per heavy atom. The molecular formula is C11H12BrNO2.